The quantitative estimate of drug-likeness (QED) is 0.618. The van der Waals surface area contributed by atoms with Gasteiger partial charge in [0.05, 0.1) is 4.90 Å². The smallest absolute Gasteiger partial charge is 0.255 e. The molecule has 1 atom stereocenters. The Bertz CT molecular complexity index is 843. The molecule has 1 amide bonds. The van der Waals surface area contributed by atoms with Crippen molar-refractivity contribution >= 4 is 34.0 Å². The summed E-state index contributed by atoms with van der Waals surface area (Å²) in [5.41, 5.74) is 0.751. The summed E-state index contributed by atoms with van der Waals surface area (Å²) in [5.74, 6) is -0.828. The van der Waals surface area contributed by atoms with E-state index in [1.165, 1.54) is 48.5 Å². The fourth-order valence-electron chi connectivity index (χ4n) is 2.26. The lowest BCUT2D eigenvalue weighted by molar-refractivity contribution is 0.102. The molecule has 0 aliphatic carbocycles. The van der Waals surface area contributed by atoms with E-state index >= 15 is 0 Å². The Hall–Kier alpha value is -2.00. The van der Waals surface area contributed by atoms with E-state index in [0.29, 0.717) is 11.3 Å². The number of benzene rings is 2. The Morgan fingerprint density at radius 3 is 2.22 bits per heavy atom. The fraction of sp³-hybridized carbons (Fsp3) is 0.278. The van der Waals surface area contributed by atoms with E-state index in [1.807, 2.05) is 13.8 Å². The van der Waals surface area contributed by atoms with Gasteiger partial charge in [-0.2, -0.15) is 0 Å². The predicted molar refractivity (Wildman–Crippen MR) is 106 cm³/mol. The van der Waals surface area contributed by atoms with Crippen molar-refractivity contribution in [2.75, 3.05) is 18.4 Å². The number of anilines is 1. The standard InChI is InChI=1S/C18H22FN3O3S.ClH/c1-3-20-13(2)12-21-26(24,25)17-10-8-16(9-11-17)22-18(23)14-4-6-15(19)7-5-14;/h4-11,13,20-21H,3,12H2,1-2H3,(H,22,23);1H/t13-;/m1./s1. The Labute approximate surface area is 165 Å². The minimum Gasteiger partial charge on any atom is -0.322 e. The van der Waals surface area contributed by atoms with Gasteiger partial charge in [-0.05, 0) is 62.0 Å². The van der Waals surface area contributed by atoms with Crippen LogP contribution < -0.4 is 15.4 Å². The minimum absolute atomic E-state index is 0. The van der Waals surface area contributed by atoms with Crippen LogP contribution in [-0.2, 0) is 10.0 Å². The van der Waals surface area contributed by atoms with E-state index in [2.05, 4.69) is 15.4 Å². The van der Waals surface area contributed by atoms with Gasteiger partial charge in [0.1, 0.15) is 5.82 Å². The summed E-state index contributed by atoms with van der Waals surface area (Å²) in [6, 6.07) is 11.0. The van der Waals surface area contributed by atoms with Crippen LogP contribution in [0.1, 0.15) is 24.2 Å². The van der Waals surface area contributed by atoms with Crippen molar-refractivity contribution < 1.29 is 17.6 Å². The SMILES string of the molecule is CCN[C@H](C)CNS(=O)(=O)c1ccc(NC(=O)c2ccc(F)cc2)cc1.Cl. The molecule has 9 heteroatoms. The number of nitrogens with one attached hydrogen (secondary N) is 3. The lowest BCUT2D eigenvalue weighted by Crippen LogP contribution is -2.38. The number of amides is 1. The third kappa shape index (κ3) is 6.91. The van der Waals surface area contributed by atoms with Crippen molar-refractivity contribution in [3.8, 4) is 0 Å². The van der Waals surface area contributed by atoms with Crippen LogP contribution in [0, 0.1) is 5.82 Å². The molecule has 0 unspecified atom stereocenters. The number of hydrogen-bond acceptors (Lipinski definition) is 4. The van der Waals surface area contributed by atoms with Crippen molar-refractivity contribution in [2.45, 2.75) is 24.8 Å². The van der Waals surface area contributed by atoms with Crippen LogP contribution in [0.3, 0.4) is 0 Å². The van der Waals surface area contributed by atoms with E-state index in [9.17, 15) is 17.6 Å². The van der Waals surface area contributed by atoms with E-state index in [4.69, 9.17) is 0 Å². The molecule has 0 heterocycles. The first-order valence-corrected chi connectivity index (χ1v) is 9.70. The summed E-state index contributed by atoms with van der Waals surface area (Å²) in [4.78, 5) is 12.2. The molecule has 27 heavy (non-hydrogen) atoms. The molecule has 148 valence electrons. The van der Waals surface area contributed by atoms with Gasteiger partial charge in [-0.15, -0.1) is 12.4 Å². The summed E-state index contributed by atoms with van der Waals surface area (Å²) in [5, 5.41) is 5.76. The van der Waals surface area contributed by atoms with Gasteiger partial charge in [-0.3, -0.25) is 4.79 Å². The second-order valence-corrected chi connectivity index (χ2v) is 7.56. The first-order chi connectivity index (χ1) is 12.3. The number of hydrogen-bond donors (Lipinski definition) is 3. The lowest BCUT2D eigenvalue weighted by atomic mass is 10.2. The molecule has 2 aromatic rings. The van der Waals surface area contributed by atoms with Crippen molar-refractivity contribution in [3.05, 3.63) is 59.9 Å². The van der Waals surface area contributed by atoms with Crippen LogP contribution in [0.2, 0.25) is 0 Å². The van der Waals surface area contributed by atoms with Crippen LogP contribution >= 0.6 is 12.4 Å². The molecule has 0 radical (unpaired) electrons. The number of halogens is 2. The topological polar surface area (TPSA) is 87.3 Å². The maximum atomic E-state index is 12.9. The summed E-state index contributed by atoms with van der Waals surface area (Å²) < 4.78 is 40.0. The molecule has 0 saturated heterocycles. The number of carbonyl (C=O) groups excluding carboxylic acids is 1. The van der Waals surface area contributed by atoms with Crippen LogP contribution in [-0.4, -0.2) is 33.5 Å². The van der Waals surface area contributed by atoms with Gasteiger partial charge in [0.25, 0.3) is 5.91 Å². The molecule has 2 rings (SSSR count). The van der Waals surface area contributed by atoms with Crippen LogP contribution in [0.4, 0.5) is 10.1 Å². The number of sulfonamides is 1. The second kappa shape index (κ2) is 10.4. The lowest BCUT2D eigenvalue weighted by Gasteiger charge is -2.14. The monoisotopic (exact) mass is 415 g/mol. The van der Waals surface area contributed by atoms with Crippen LogP contribution in [0.15, 0.2) is 53.4 Å². The van der Waals surface area contributed by atoms with Gasteiger partial charge in [0.15, 0.2) is 0 Å². The van der Waals surface area contributed by atoms with E-state index in [1.54, 1.807) is 0 Å². The molecule has 0 spiro atoms. The zero-order valence-corrected chi connectivity index (χ0v) is 16.7. The predicted octanol–water partition coefficient (Wildman–Crippen LogP) is 2.78. The highest BCUT2D eigenvalue weighted by molar-refractivity contribution is 7.89. The third-order valence-corrected chi connectivity index (χ3v) is 5.10. The molecule has 3 N–H and O–H groups in total. The first kappa shape index (κ1) is 23.0. The first-order valence-electron chi connectivity index (χ1n) is 8.22. The molecule has 0 fully saturated rings. The molecule has 2 aromatic carbocycles. The van der Waals surface area contributed by atoms with Crippen molar-refractivity contribution in [2.24, 2.45) is 0 Å². The van der Waals surface area contributed by atoms with Crippen LogP contribution in [0.5, 0.6) is 0 Å². The van der Waals surface area contributed by atoms with Gasteiger partial charge in [0, 0.05) is 23.8 Å². The normalized spacial score (nSPS) is 12.1. The fourth-order valence-corrected chi connectivity index (χ4v) is 3.39. The van der Waals surface area contributed by atoms with E-state index in [0.717, 1.165) is 6.54 Å². The molecule has 0 saturated carbocycles. The molecular weight excluding hydrogens is 393 g/mol. The number of rotatable bonds is 8. The summed E-state index contributed by atoms with van der Waals surface area (Å²) in [7, 11) is -3.62. The average Bonchev–Trinajstić information content (AvgIpc) is 2.61. The highest BCUT2D eigenvalue weighted by atomic mass is 35.5. The molecular formula is C18H23ClFN3O3S. The Kier molecular flexibility index (Phi) is 8.84. The average molecular weight is 416 g/mol. The zero-order chi connectivity index (χ0) is 19.2. The van der Waals surface area contributed by atoms with Gasteiger partial charge >= 0.3 is 0 Å². The molecule has 0 aliphatic rings. The third-order valence-electron chi connectivity index (χ3n) is 3.66. The van der Waals surface area contributed by atoms with Crippen molar-refractivity contribution in [1.82, 2.24) is 10.0 Å². The van der Waals surface area contributed by atoms with E-state index < -0.39 is 21.7 Å². The Balaban J connectivity index is 0.00000364. The molecule has 0 aliphatic heterocycles. The van der Waals surface area contributed by atoms with Gasteiger partial charge in [-0.25, -0.2) is 17.5 Å². The number of carbonyl (C=O) groups is 1. The van der Waals surface area contributed by atoms with Gasteiger partial charge in [-0.1, -0.05) is 6.92 Å². The van der Waals surface area contributed by atoms with E-state index in [-0.39, 0.29) is 29.9 Å². The molecule has 6 nitrogen and oxygen atoms in total. The Morgan fingerprint density at radius 2 is 1.67 bits per heavy atom. The minimum atomic E-state index is -3.62. The number of likely N-dealkylation sites (N-methyl/N-ethyl adjacent to an activating group) is 1. The second-order valence-electron chi connectivity index (χ2n) is 5.80. The summed E-state index contributed by atoms with van der Waals surface area (Å²) >= 11 is 0. The largest absolute Gasteiger partial charge is 0.322 e. The maximum Gasteiger partial charge on any atom is 0.255 e. The van der Waals surface area contributed by atoms with Crippen molar-refractivity contribution in [1.29, 1.82) is 0 Å². The summed E-state index contributed by atoms with van der Waals surface area (Å²) in [6.45, 7) is 4.87. The van der Waals surface area contributed by atoms with Gasteiger partial charge < -0.3 is 10.6 Å². The van der Waals surface area contributed by atoms with Gasteiger partial charge in [0.2, 0.25) is 10.0 Å². The highest BCUT2D eigenvalue weighted by Gasteiger charge is 2.15. The highest BCUT2D eigenvalue weighted by Crippen LogP contribution is 2.15. The maximum absolute atomic E-state index is 12.9. The summed E-state index contributed by atoms with van der Waals surface area (Å²) in [6.07, 6.45) is 0. The zero-order valence-electron chi connectivity index (χ0n) is 15.0. The molecule has 0 bridgehead atoms. The Morgan fingerprint density at radius 1 is 1.07 bits per heavy atom. The van der Waals surface area contributed by atoms with Crippen molar-refractivity contribution in [3.63, 3.8) is 0 Å². The van der Waals surface area contributed by atoms with Crippen LogP contribution in [0.25, 0.3) is 0 Å². The molecule has 0 aromatic heterocycles.